The standard InChI is InChI=1S/C18H16Cl2N2O2/c1-11-5-3-4-6-13(11)9-17(21-12(2)23)18(24)22-16-10-14(19)7-8-15(16)20/h3-10H,1-2H3,(H,21,23)(H,22,24). The molecule has 2 aromatic carbocycles. The zero-order valence-electron chi connectivity index (χ0n) is 13.2. The molecule has 2 aromatic rings. The molecule has 0 bridgehead atoms. The van der Waals surface area contributed by atoms with Gasteiger partial charge in [-0.05, 0) is 42.3 Å². The van der Waals surface area contributed by atoms with E-state index in [1.165, 1.54) is 6.92 Å². The second kappa shape index (κ2) is 7.99. The van der Waals surface area contributed by atoms with Crippen molar-refractivity contribution in [2.75, 3.05) is 5.32 Å². The molecule has 0 unspecified atom stereocenters. The lowest BCUT2D eigenvalue weighted by Crippen LogP contribution is -2.29. The lowest BCUT2D eigenvalue weighted by Gasteiger charge is -2.12. The number of carbonyl (C=O) groups excluding carboxylic acids is 2. The average Bonchev–Trinajstić information content (AvgIpc) is 2.52. The van der Waals surface area contributed by atoms with Gasteiger partial charge in [-0.2, -0.15) is 0 Å². The first-order valence-electron chi connectivity index (χ1n) is 7.18. The Morgan fingerprint density at radius 3 is 2.46 bits per heavy atom. The fourth-order valence-corrected chi connectivity index (χ4v) is 2.37. The van der Waals surface area contributed by atoms with Crippen LogP contribution in [0.25, 0.3) is 6.08 Å². The molecule has 2 N–H and O–H groups in total. The fraction of sp³-hybridized carbons (Fsp3) is 0.111. The summed E-state index contributed by atoms with van der Waals surface area (Å²) in [5.74, 6) is -0.834. The Kier molecular flexibility index (Phi) is 6.01. The summed E-state index contributed by atoms with van der Waals surface area (Å²) in [5, 5.41) is 6.00. The molecule has 4 nitrogen and oxygen atoms in total. The van der Waals surface area contributed by atoms with Crippen LogP contribution in [-0.4, -0.2) is 11.8 Å². The number of hydrogen-bond donors (Lipinski definition) is 2. The van der Waals surface area contributed by atoms with Crippen molar-refractivity contribution in [1.29, 1.82) is 0 Å². The topological polar surface area (TPSA) is 58.2 Å². The van der Waals surface area contributed by atoms with Gasteiger partial charge in [-0.25, -0.2) is 0 Å². The molecular formula is C18H16Cl2N2O2. The van der Waals surface area contributed by atoms with Crippen LogP contribution in [0.4, 0.5) is 5.69 Å². The van der Waals surface area contributed by atoms with E-state index < -0.39 is 5.91 Å². The summed E-state index contributed by atoms with van der Waals surface area (Å²) in [6.07, 6.45) is 1.62. The van der Waals surface area contributed by atoms with Crippen LogP contribution in [0.15, 0.2) is 48.2 Å². The highest BCUT2D eigenvalue weighted by Gasteiger charge is 2.14. The lowest BCUT2D eigenvalue weighted by molar-refractivity contribution is -0.120. The van der Waals surface area contributed by atoms with E-state index >= 15 is 0 Å². The predicted molar refractivity (Wildman–Crippen MR) is 98.1 cm³/mol. The Bertz CT molecular complexity index is 816. The number of amides is 2. The van der Waals surface area contributed by atoms with Gasteiger partial charge in [0, 0.05) is 11.9 Å². The number of carbonyl (C=O) groups is 2. The van der Waals surface area contributed by atoms with Crippen molar-refractivity contribution >= 4 is 46.8 Å². The number of rotatable bonds is 4. The monoisotopic (exact) mass is 362 g/mol. The molecule has 0 aromatic heterocycles. The molecule has 0 saturated carbocycles. The van der Waals surface area contributed by atoms with E-state index in [0.29, 0.717) is 15.7 Å². The van der Waals surface area contributed by atoms with Gasteiger partial charge in [0.05, 0.1) is 10.7 Å². The van der Waals surface area contributed by atoms with Gasteiger partial charge >= 0.3 is 0 Å². The summed E-state index contributed by atoms with van der Waals surface area (Å²) in [6.45, 7) is 3.26. The second-order valence-electron chi connectivity index (χ2n) is 5.17. The largest absolute Gasteiger partial charge is 0.322 e. The molecule has 0 atom stereocenters. The zero-order valence-corrected chi connectivity index (χ0v) is 14.7. The third-order valence-electron chi connectivity index (χ3n) is 3.22. The molecule has 0 saturated heterocycles. The molecule has 124 valence electrons. The van der Waals surface area contributed by atoms with Crippen molar-refractivity contribution in [2.24, 2.45) is 0 Å². The van der Waals surface area contributed by atoms with Crippen LogP contribution in [0, 0.1) is 6.92 Å². The Labute approximate surface area is 150 Å². The van der Waals surface area contributed by atoms with E-state index in [1.807, 2.05) is 31.2 Å². The van der Waals surface area contributed by atoms with Gasteiger partial charge in [0.2, 0.25) is 5.91 Å². The van der Waals surface area contributed by atoms with Crippen LogP contribution in [0.3, 0.4) is 0 Å². The Morgan fingerprint density at radius 2 is 1.79 bits per heavy atom. The van der Waals surface area contributed by atoms with Gasteiger partial charge < -0.3 is 10.6 Å². The van der Waals surface area contributed by atoms with Gasteiger partial charge in [0.1, 0.15) is 5.70 Å². The maximum atomic E-state index is 12.5. The van der Waals surface area contributed by atoms with Crippen molar-refractivity contribution < 1.29 is 9.59 Å². The van der Waals surface area contributed by atoms with Gasteiger partial charge in [-0.1, -0.05) is 47.5 Å². The number of nitrogens with one attached hydrogen (secondary N) is 2. The molecular weight excluding hydrogens is 347 g/mol. The number of hydrogen-bond acceptors (Lipinski definition) is 2. The van der Waals surface area contributed by atoms with Gasteiger partial charge in [-0.3, -0.25) is 9.59 Å². The average molecular weight is 363 g/mol. The molecule has 0 fully saturated rings. The van der Waals surface area contributed by atoms with Gasteiger partial charge in [0.15, 0.2) is 0 Å². The maximum Gasteiger partial charge on any atom is 0.272 e. The molecule has 2 rings (SSSR count). The highest BCUT2D eigenvalue weighted by Crippen LogP contribution is 2.25. The molecule has 0 aliphatic heterocycles. The van der Waals surface area contributed by atoms with E-state index in [2.05, 4.69) is 10.6 Å². The van der Waals surface area contributed by atoms with E-state index in [-0.39, 0.29) is 11.6 Å². The van der Waals surface area contributed by atoms with Crippen LogP contribution < -0.4 is 10.6 Å². The minimum absolute atomic E-state index is 0.118. The van der Waals surface area contributed by atoms with E-state index in [0.717, 1.165) is 11.1 Å². The summed E-state index contributed by atoms with van der Waals surface area (Å²) >= 11 is 12.0. The fourth-order valence-electron chi connectivity index (χ4n) is 2.04. The molecule has 0 aliphatic rings. The van der Waals surface area contributed by atoms with Gasteiger partial charge in [-0.15, -0.1) is 0 Å². The summed E-state index contributed by atoms with van der Waals surface area (Å²) in [4.78, 5) is 24.0. The van der Waals surface area contributed by atoms with E-state index in [4.69, 9.17) is 23.2 Å². The van der Waals surface area contributed by atoms with Crippen LogP contribution >= 0.6 is 23.2 Å². The lowest BCUT2D eigenvalue weighted by atomic mass is 10.1. The van der Waals surface area contributed by atoms with Gasteiger partial charge in [0.25, 0.3) is 5.91 Å². The first kappa shape index (κ1) is 18.0. The smallest absolute Gasteiger partial charge is 0.272 e. The minimum atomic E-state index is -0.488. The summed E-state index contributed by atoms with van der Waals surface area (Å²) in [7, 11) is 0. The first-order chi connectivity index (χ1) is 11.4. The number of aryl methyl sites for hydroxylation is 1. The molecule has 24 heavy (non-hydrogen) atoms. The minimum Gasteiger partial charge on any atom is -0.322 e. The van der Waals surface area contributed by atoms with Crippen LogP contribution in [0.5, 0.6) is 0 Å². The van der Waals surface area contributed by atoms with Crippen LogP contribution in [0.2, 0.25) is 10.0 Å². The summed E-state index contributed by atoms with van der Waals surface area (Å²) < 4.78 is 0. The number of halogens is 2. The van der Waals surface area contributed by atoms with Crippen molar-refractivity contribution in [3.63, 3.8) is 0 Å². The Balaban J connectivity index is 2.34. The van der Waals surface area contributed by atoms with Crippen LogP contribution in [-0.2, 0) is 9.59 Å². The normalized spacial score (nSPS) is 11.1. The van der Waals surface area contributed by atoms with E-state index in [9.17, 15) is 9.59 Å². The zero-order chi connectivity index (χ0) is 17.7. The van der Waals surface area contributed by atoms with Crippen molar-refractivity contribution in [2.45, 2.75) is 13.8 Å². The Morgan fingerprint density at radius 1 is 1.08 bits per heavy atom. The molecule has 0 aliphatic carbocycles. The van der Waals surface area contributed by atoms with Crippen molar-refractivity contribution in [3.8, 4) is 0 Å². The molecule has 0 radical (unpaired) electrons. The molecule has 0 spiro atoms. The predicted octanol–water partition coefficient (Wildman–Crippen LogP) is 4.42. The maximum absolute atomic E-state index is 12.5. The number of anilines is 1. The second-order valence-corrected chi connectivity index (χ2v) is 6.02. The molecule has 2 amide bonds. The van der Waals surface area contributed by atoms with Crippen molar-refractivity contribution in [3.05, 3.63) is 69.3 Å². The quantitative estimate of drug-likeness (QED) is 0.791. The highest BCUT2D eigenvalue weighted by molar-refractivity contribution is 6.36. The van der Waals surface area contributed by atoms with Crippen molar-refractivity contribution in [1.82, 2.24) is 5.32 Å². The van der Waals surface area contributed by atoms with E-state index in [1.54, 1.807) is 24.3 Å². The SMILES string of the molecule is CC(=O)NC(=Cc1ccccc1C)C(=O)Nc1cc(Cl)ccc1Cl. The Hall–Kier alpha value is -2.30. The highest BCUT2D eigenvalue weighted by atomic mass is 35.5. The first-order valence-corrected chi connectivity index (χ1v) is 7.93. The third kappa shape index (κ3) is 4.85. The third-order valence-corrected chi connectivity index (χ3v) is 3.78. The summed E-state index contributed by atoms with van der Waals surface area (Å²) in [6, 6.07) is 12.3. The number of benzene rings is 2. The van der Waals surface area contributed by atoms with Crippen LogP contribution in [0.1, 0.15) is 18.1 Å². The molecule has 0 heterocycles. The summed E-state index contributed by atoms with van der Waals surface area (Å²) in [5.41, 5.74) is 2.30. The molecule has 6 heteroatoms.